The third-order valence-electron chi connectivity index (χ3n) is 3.10. The molecule has 0 saturated heterocycles. The van der Waals surface area contributed by atoms with Crippen molar-refractivity contribution in [2.75, 3.05) is 0 Å². The summed E-state index contributed by atoms with van der Waals surface area (Å²) in [5.41, 5.74) is 2.55. The van der Waals surface area contributed by atoms with E-state index >= 15 is 0 Å². The lowest BCUT2D eigenvalue weighted by Gasteiger charge is -2.09. The molecule has 100 valence electrons. The van der Waals surface area contributed by atoms with Crippen LogP contribution in [0, 0.1) is 0 Å². The average molecular weight is 270 g/mol. The summed E-state index contributed by atoms with van der Waals surface area (Å²) in [4.78, 5) is 4.17. The predicted octanol–water partition coefficient (Wildman–Crippen LogP) is 4.61. The number of imidazole rings is 1. The number of hydrogen-bond acceptors (Lipinski definition) is 1. The van der Waals surface area contributed by atoms with Crippen LogP contribution < -0.4 is 0 Å². The minimum Gasteiger partial charge on any atom is -0.272 e. The molecule has 0 bridgehead atoms. The molecule has 0 atom stereocenters. The zero-order chi connectivity index (χ0) is 13.9. The van der Waals surface area contributed by atoms with Crippen LogP contribution in [0.1, 0.15) is 6.55 Å². The molecule has 0 N–H and O–H groups in total. The summed E-state index contributed by atoms with van der Waals surface area (Å²) >= 11 is 0. The molecule has 0 unspecified atom stereocenters. The monoisotopic (exact) mass is 270 g/mol. The molecule has 0 amide bonds. The van der Waals surface area contributed by atoms with Crippen LogP contribution in [-0.2, 0) is 0 Å². The van der Waals surface area contributed by atoms with E-state index in [-0.39, 0.29) is 0 Å². The summed E-state index contributed by atoms with van der Waals surface area (Å²) in [7, 11) is 0. The fourth-order valence-electron chi connectivity index (χ4n) is 2.20. The largest absolute Gasteiger partial charge is 0.320 e. The van der Waals surface area contributed by atoms with Gasteiger partial charge in [0, 0.05) is 11.1 Å². The maximum absolute atomic E-state index is 13.2. The zero-order valence-electron chi connectivity index (χ0n) is 10.6. The standard InChI is InChI=1S/C16H12F2N2/c17-16(18)20-11-19-14(12-7-3-1-4-8-12)15(20)13-9-5-2-6-10-13/h1-11,16H. The topological polar surface area (TPSA) is 17.8 Å². The van der Waals surface area contributed by atoms with Crippen LogP contribution in [0.2, 0.25) is 0 Å². The summed E-state index contributed by atoms with van der Waals surface area (Å²) in [5, 5.41) is 0. The van der Waals surface area contributed by atoms with Gasteiger partial charge in [0.15, 0.2) is 0 Å². The van der Waals surface area contributed by atoms with E-state index in [2.05, 4.69) is 4.98 Å². The highest BCUT2D eigenvalue weighted by Gasteiger charge is 2.19. The summed E-state index contributed by atoms with van der Waals surface area (Å²) in [5.74, 6) is 0. The molecular weight excluding hydrogens is 258 g/mol. The second-order valence-electron chi connectivity index (χ2n) is 4.36. The van der Waals surface area contributed by atoms with Crippen LogP contribution in [-0.4, -0.2) is 9.55 Å². The van der Waals surface area contributed by atoms with Gasteiger partial charge in [0.1, 0.15) is 6.33 Å². The maximum Gasteiger partial charge on any atom is 0.320 e. The van der Waals surface area contributed by atoms with Gasteiger partial charge in [-0.1, -0.05) is 60.7 Å². The predicted molar refractivity (Wildman–Crippen MR) is 74.4 cm³/mol. The Balaban J connectivity index is 2.22. The van der Waals surface area contributed by atoms with Gasteiger partial charge in [-0.15, -0.1) is 0 Å². The van der Waals surface area contributed by atoms with Crippen LogP contribution in [0.15, 0.2) is 67.0 Å². The fourth-order valence-corrected chi connectivity index (χ4v) is 2.20. The van der Waals surface area contributed by atoms with Crippen molar-refractivity contribution >= 4 is 0 Å². The summed E-state index contributed by atoms with van der Waals surface area (Å²) < 4.78 is 27.2. The van der Waals surface area contributed by atoms with Gasteiger partial charge in [0.2, 0.25) is 0 Å². The molecule has 0 aliphatic heterocycles. The van der Waals surface area contributed by atoms with Crippen LogP contribution in [0.3, 0.4) is 0 Å². The van der Waals surface area contributed by atoms with Gasteiger partial charge in [-0.25, -0.2) is 4.98 Å². The van der Waals surface area contributed by atoms with Crippen LogP contribution >= 0.6 is 0 Å². The minimum atomic E-state index is -2.62. The number of benzene rings is 2. The third-order valence-corrected chi connectivity index (χ3v) is 3.10. The van der Waals surface area contributed by atoms with Gasteiger partial charge in [-0.05, 0) is 0 Å². The average Bonchev–Trinajstić information content (AvgIpc) is 2.94. The second kappa shape index (κ2) is 5.25. The van der Waals surface area contributed by atoms with Crippen molar-refractivity contribution in [2.24, 2.45) is 0 Å². The highest BCUT2D eigenvalue weighted by atomic mass is 19.3. The molecule has 2 aromatic carbocycles. The molecule has 1 heterocycles. The van der Waals surface area contributed by atoms with Gasteiger partial charge in [-0.2, -0.15) is 8.78 Å². The van der Waals surface area contributed by atoms with Crippen LogP contribution in [0.25, 0.3) is 22.5 Å². The smallest absolute Gasteiger partial charge is 0.272 e. The van der Waals surface area contributed by atoms with Crippen molar-refractivity contribution in [3.05, 3.63) is 67.0 Å². The lowest BCUT2D eigenvalue weighted by Crippen LogP contribution is -1.99. The Morgan fingerprint density at radius 2 is 1.35 bits per heavy atom. The van der Waals surface area contributed by atoms with Crippen molar-refractivity contribution < 1.29 is 8.78 Å². The van der Waals surface area contributed by atoms with E-state index in [0.717, 1.165) is 15.7 Å². The first-order chi connectivity index (χ1) is 9.77. The minimum absolute atomic E-state index is 0.437. The second-order valence-corrected chi connectivity index (χ2v) is 4.36. The van der Waals surface area contributed by atoms with Gasteiger partial charge in [-0.3, -0.25) is 4.57 Å². The van der Waals surface area contributed by atoms with Crippen molar-refractivity contribution in [1.29, 1.82) is 0 Å². The first kappa shape index (κ1) is 12.5. The number of hydrogen-bond donors (Lipinski definition) is 0. The number of nitrogens with zero attached hydrogens (tertiary/aromatic N) is 2. The van der Waals surface area contributed by atoms with E-state index in [1.54, 1.807) is 0 Å². The molecule has 2 nitrogen and oxygen atoms in total. The van der Waals surface area contributed by atoms with E-state index in [1.807, 2.05) is 60.7 Å². The lowest BCUT2D eigenvalue weighted by atomic mass is 10.0. The molecule has 0 spiro atoms. The molecule has 4 heteroatoms. The molecule has 3 aromatic rings. The first-order valence-corrected chi connectivity index (χ1v) is 6.23. The van der Waals surface area contributed by atoms with Crippen LogP contribution in [0.4, 0.5) is 8.78 Å². The molecule has 20 heavy (non-hydrogen) atoms. The zero-order valence-corrected chi connectivity index (χ0v) is 10.6. The first-order valence-electron chi connectivity index (χ1n) is 6.23. The fraction of sp³-hybridized carbons (Fsp3) is 0.0625. The molecule has 0 fully saturated rings. The lowest BCUT2D eigenvalue weighted by molar-refractivity contribution is 0.0719. The summed E-state index contributed by atoms with van der Waals surface area (Å²) in [6.45, 7) is -2.62. The van der Waals surface area contributed by atoms with E-state index in [1.165, 1.54) is 6.33 Å². The summed E-state index contributed by atoms with van der Waals surface area (Å²) in [6.07, 6.45) is 1.19. The van der Waals surface area contributed by atoms with Crippen molar-refractivity contribution in [3.8, 4) is 22.5 Å². The number of aromatic nitrogens is 2. The Hall–Kier alpha value is -2.49. The van der Waals surface area contributed by atoms with Crippen molar-refractivity contribution in [3.63, 3.8) is 0 Å². The Kier molecular flexibility index (Phi) is 3.29. The molecule has 3 rings (SSSR count). The number of rotatable bonds is 3. The quantitative estimate of drug-likeness (QED) is 0.679. The molecule has 1 aromatic heterocycles. The van der Waals surface area contributed by atoms with E-state index in [0.29, 0.717) is 11.4 Å². The van der Waals surface area contributed by atoms with Gasteiger partial charge < -0.3 is 0 Å². The Morgan fingerprint density at radius 1 is 0.800 bits per heavy atom. The van der Waals surface area contributed by atoms with Crippen molar-refractivity contribution in [2.45, 2.75) is 6.55 Å². The SMILES string of the molecule is FC(F)n1cnc(-c2ccccc2)c1-c1ccccc1. The Morgan fingerprint density at radius 3 is 1.90 bits per heavy atom. The Bertz CT molecular complexity index is 691. The molecule has 0 radical (unpaired) electrons. The molecular formula is C16H12F2N2. The molecule has 0 aliphatic carbocycles. The number of alkyl halides is 2. The van der Waals surface area contributed by atoms with Crippen LogP contribution in [0.5, 0.6) is 0 Å². The summed E-state index contributed by atoms with van der Waals surface area (Å²) in [6, 6.07) is 18.5. The number of halogens is 2. The van der Waals surface area contributed by atoms with Gasteiger partial charge >= 0.3 is 6.55 Å². The van der Waals surface area contributed by atoms with E-state index < -0.39 is 6.55 Å². The normalized spacial score (nSPS) is 10.9. The van der Waals surface area contributed by atoms with Gasteiger partial charge in [0.25, 0.3) is 0 Å². The highest BCUT2D eigenvalue weighted by molar-refractivity contribution is 5.78. The van der Waals surface area contributed by atoms with Gasteiger partial charge in [0.05, 0.1) is 11.4 Å². The highest BCUT2D eigenvalue weighted by Crippen LogP contribution is 2.33. The van der Waals surface area contributed by atoms with E-state index in [9.17, 15) is 8.78 Å². The maximum atomic E-state index is 13.2. The Labute approximate surface area is 115 Å². The third kappa shape index (κ3) is 2.20. The van der Waals surface area contributed by atoms with E-state index in [4.69, 9.17) is 0 Å². The molecule has 0 aliphatic rings. The van der Waals surface area contributed by atoms with Crippen molar-refractivity contribution in [1.82, 2.24) is 9.55 Å². The molecule has 0 saturated carbocycles.